The molecule has 0 radical (unpaired) electrons. The molecular formula is C17H15F3N2O3. The molecule has 5 nitrogen and oxygen atoms in total. The van der Waals surface area contributed by atoms with Gasteiger partial charge in [0.05, 0.1) is 23.4 Å². The Morgan fingerprint density at radius 2 is 1.92 bits per heavy atom. The number of nitrogens with zero attached hydrogens (tertiary/aromatic N) is 1. The number of aryl methyl sites for hydroxylation is 1. The van der Waals surface area contributed by atoms with Crippen LogP contribution in [0.3, 0.4) is 0 Å². The first kappa shape index (κ1) is 18.4. The normalized spacial score (nSPS) is 11.1. The lowest BCUT2D eigenvalue weighted by atomic mass is 10.1. The van der Waals surface area contributed by atoms with E-state index in [1.165, 1.54) is 19.1 Å². The molecule has 0 bridgehead atoms. The number of pyridine rings is 1. The molecule has 1 aromatic carbocycles. The van der Waals surface area contributed by atoms with E-state index in [0.717, 1.165) is 12.1 Å². The van der Waals surface area contributed by atoms with Crippen LogP contribution in [0.2, 0.25) is 0 Å². The highest BCUT2D eigenvalue weighted by Crippen LogP contribution is 2.28. The van der Waals surface area contributed by atoms with Gasteiger partial charge in [0, 0.05) is 5.69 Å². The number of ether oxygens (including phenoxy) is 1. The number of alkyl halides is 3. The average molecular weight is 352 g/mol. The van der Waals surface area contributed by atoms with Gasteiger partial charge in [0.15, 0.2) is 0 Å². The maximum atomic E-state index is 12.6. The van der Waals surface area contributed by atoms with Gasteiger partial charge in [-0.3, -0.25) is 4.79 Å². The van der Waals surface area contributed by atoms with Crippen LogP contribution in [0.4, 0.5) is 18.9 Å². The topological polar surface area (TPSA) is 68.3 Å². The van der Waals surface area contributed by atoms with Crippen molar-refractivity contribution in [1.29, 1.82) is 0 Å². The van der Waals surface area contributed by atoms with E-state index in [1.807, 2.05) is 0 Å². The van der Waals surface area contributed by atoms with Gasteiger partial charge in [0.25, 0.3) is 5.91 Å². The van der Waals surface area contributed by atoms with Crippen LogP contribution in [0.1, 0.15) is 39.0 Å². The first-order valence-electron chi connectivity index (χ1n) is 7.35. The minimum Gasteiger partial charge on any atom is -0.462 e. The summed E-state index contributed by atoms with van der Waals surface area (Å²) in [6.07, 6.45) is -4.58. The second-order valence-electron chi connectivity index (χ2n) is 5.08. The predicted octanol–water partition coefficient (Wildman–Crippen LogP) is 3.84. The Morgan fingerprint density at radius 1 is 1.20 bits per heavy atom. The molecule has 0 saturated heterocycles. The van der Waals surface area contributed by atoms with Crippen LogP contribution in [0, 0.1) is 6.92 Å². The molecule has 0 aliphatic rings. The number of halogens is 3. The number of carbonyl (C=O) groups is 2. The number of aromatic nitrogens is 1. The summed E-state index contributed by atoms with van der Waals surface area (Å²) in [6.45, 7) is 3.20. The molecule has 132 valence electrons. The van der Waals surface area contributed by atoms with E-state index in [4.69, 9.17) is 4.74 Å². The smallest absolute Gasteiger partial charge is 0.433 e. The van der Waals surface area contributed by atoms with Crippen molar-refractivity contribution in [2.45, 2.75) is 20.0 Å². The van der Waals surface area contributed by atoms with Gasteiger partial charge in [-0.15, -0.1) is 0 Å². The van der Waals surface area contributed by atoms with Crippen molar-refractivity contribution >= 4 is 17.6 Å². The molecule has 0 aliphatic heterocycles. The Hall–Kier alpha value is -2.90. The van der Waals surface area contributed by atoms with Crippen molar-refractivity contribution in [3.05, 3.63) is 58.9 Å². The van der Waals surface area contributed by atoms with Gasteiger partial charge in [-0.1, -0.05) is 6.07 Å². The standard InChI is InChI=1S/C17H15F3N2O3/c1-3-25-16(24)11-5-4-6-12(9-11)22-15(23)13-7-8-14(17(18,19)20)21-10(13)2/h4-9H,3H2,1-2H3,(H,22,23). The maximum absolute atomic E-state index is 12.6. The van der Waals surface area contributed by atoms with Crippen molar-refractivity contribution < 1.29 is 27.5 Å². The number of hydrogen-bond donors (Lipinski definition) is 1. The third kappa shape index (κ3) is 4.56. The second kappa shape index (κ2) is 7.33. The Morgan fingerprint density at radius 3 is 2.52 bits per heavy atom. The Balaban J connectivity index is 2.20. The van der Waals surface area contributed by atoms with Crippen molar-refractivity contribution in [3.63, 3.8) is 0 Å². The molecule has 8 heteroatoms. The quantitative estimate of drug-likeness (QED) is 0.849. The van der Waals surface area contributed by atoms with Crippen LogP contribution in [0.15, 0.2) is 36.4 Å². The predicted molar refractivity (Wildman–Crippen MR) is 84.3 cm³/mol. The summed E-state index contributed by atoms with van der Waals surface area (Å²) in [7, 11) is 0. The zero-order valence-electron chi connectivity index (χ0n) is 13.5. The summed E-state index contributed by atoms with van der Waals surface area (Å²) in [4.78, 5) is 27.4. The van der Waals surface area contributed by atoms with Gasteiger partial charge in [0.2, 0.25) is 0 Å². The molecule has 2 rings (SSSR count). The van der Waals surface area contributed by atoms with Crippen LogP contribution in [0.25, 0.3) is 0 Å². The highest BCUT2D eigenvalue weighted by atomic mass is 19.4. The SMILES string of the molecule is CCOC(=O)c1cccc(NC(=O)c2ccc(C(F)(F)F)nc2C)c1. The number of benzene rings is 1. The molecule has 2 aromatic rings. The van der Waals surface area contributed by atoms with Crippen LogP contribution < -0.4 is 5.32 Å². The Labute approximate surface area is 141 Å². The minimum atomic E-state index is -4.58. The third-order valence-corrected chi connectivity index (χ3v) is 3.25. The second-order valence-corrected chi connectivity index (χ2v) is 5.08. The molecule has 1 aromatic heterocycles. The molecule has 0 spiro atoms. The molecule has 25 heavy (non-hydrogen) atoms. The number of hydrogen-bond acceptors (Lipinski definition) is 4. The molecule has 0 aliphatic carbocycles. The zero-order chi connectivity index (χ0) is 18.6. The zero-order valence-corrected chi connectivity index (χ0v) is 13.5. The number of carbonyl (C=O) groups excluding carboxylic acids is 2. The summed E-state index contributed by atoms with van der Waals surface area (Å²) < 4.78 is 42.7. The first-order valence-corrected chi connectivity index (χ1v) is 7.35. The number of nitrogens with one attached hydrogen (secondary N) is 1. The third-order valence-electron chi connectivity index (χ3n) is 3.25. The Kier molecular flexibility index (Phi) is 5.41. The molecule has 1 heterocycles. The summed E-state index contributed by atoms with van der Waals surface area (Å²) in [5, 5.41) is 2.53. The number of rotatable bonds is 4. The van der Waals surface area contributed by atoms with E-state index in [0.29, 0.717) is 5.69 Å². The van der Waals surface area contributed by atoms with Crippen LogP contribution in [0.5, 0.6) is 0 Å². The lowest BCUT2D eigenvalue weighted by Crippen LogP contribution is -2.17. The van der Waals surface area contributed by atoms with Crippen LogP contribution in [-0.4, -0.2) is 23.5 Å². The Bertz CT molecular complexity index is 804. The van der Waals surface area contributed by atoms with Crippen molar-refractivity contribution in [2.24, 2.45) is 0 Å². The fraction of sp³-hybridized carbons (Fsp3) is 0.235. The van der Waals surface area contributed by atoms with E-state index in [-0.39, 0.29) is 23.4 Å². The summed E-state index contributed by atoms with van der Waals surface area (Å²) >= 11 is 0. The summed E-state index contributed by atoms with van der Waals surface area (Å²) in [5.74, 6) is -1.16. The number of esters is 1. The van der Waals surface area contributed by atoms with Gasteiger partial charge in [-0.25, -0.2) is 9.78 Å². The lowest BCUT2D eigenvalue weighted by molar-refractivity contribution is -0.141. The fourth-order valence-corrected chi connectivity index (χ4v) is 2.10. The van der Waals surface area contributed by atoms with E-state index in [2.05, 4.69) is 10.3 Å². The fourth-order valence-electron chi connectivity index (χ4n) is 2.10. The molecule has 1 N–H and O–H groups in total. The van der Waals surface area contributed by atoms with Gasteiger partial charge < -0.3 is 10.1 Å². The lowest BCUT2D eigenvalue weighted by Gasteiger charge is -2.11. The highest BCUT2D eigenvalue weighted by molar-refractivity contribution is 6.05. The van der Waals surface area contributed by atoms with E-state index in [1.54, 1.807) is 19.1 Å². The molecule has 0 atom stereocenters. The van der Waals surface area contributed by atoms with Gasteiger partial charge in [0.1, 0.15) is 5.69 Å². The van der Waals surface area contributed by atoms with Crippen molar-refractivity contribution in [1.82, 2.24) is 4.98 Å². The van der Waals surface area contributed by atoms with Gasteiger partial charge in [-0.05, 0) is 44.2 Å². The maximum Gasteiger partial charge on any atom is 0.433 e. The molecule has 0 saturated carbocycles. The van der Waals surface area contributed by atoms with Crippen LogP contribution in [-0.2, 0) is 10.9 Å². The van der Waals surface area contributed by atoms with Crippen molar-refractivity contribution in [3.8, 4) is 0 Å². The van der Waals surface area contributed by atoms with Crippen LogP contribution >= 0.6 is 0 Å². The first-order chi connectivity index (χ1) is 11.7. The van der Waals surface area contributed by atoms with E-state index in [9.17, 15) is 22.8 Å². The van der Waals surface area contributed by atoms with Gasteiger partial charge >= 0.3 is 12.1 Å². The summed E-state index contributed by atoms with van der Waals surface area (Å²) in [5.41, 5.74) is -0.536. The number of anilines is 1. The average Bonchev–Trinajstić information content (AvgIpc) is 2.54. The molecule has 1 amide bonds. The molecular weight excluding hydrogens is 337 g/mol. The summed E-state index contributed by atoms with van der Waals surface area (Å²) in [6, 6.07) is 7.86. The molecule has 0 unspecified atom stereocenters. The largest absolute Gasteiger partial charge is 0.462 e. The van der Waals surface area contributed by atoms with E-state index < -0.39 is 23.7 Å². The van der Waals surface area contributed by atoms with Gasteiger partial charge in [-0.2, -0.15) is 13.2 Å². The highest BCUT2D eigenvalue weighted by Gasteiger charge is 2.33. The monoisotopic (exact) mass is 352 g/mol. The minimum absolute atomic E-state index is 0.00883. The van der Waals surface area contributed by atoms with E-state index >= 15 is 0 Å². The van der Waals surface area contributed by atoms with Crippen molar-refractivity contribution in [2.75, 3.05) is 11.9 Å². The molecule has 0 fully saturated rings. The number of amides is 1.